The van der Waals surface area contributed by atoms with Crippen LogP contribution in [0.15, 0.2) is 5.16 Å². The molecule has 1 unspecified atom stereocenters. The van der Waals surface area contributed by atoms with Crippen LogP contribution in [0, 0.1) is 0 Å². The molecular weight excluding hydrogens is 242 g/mol. The molecule has 1 aliphatic carbocycles. The van der Waals surface area contributed by atoms with Gasteiger partial charge < -0.3 is 20.6 Å². The van der Waals surface area contributed by atoms with Crippen LogP contribution in [0.1, 0.15) is 51.4 Å². The summed E-state index contributed by atoms with van der Waals surface area (Å²) in [6.45, 7) is 1.75. The molecule has 0 aromatic rings. The fourth-order valence-corrected chi connectivity index (χ4v) is 3.38. The fraction of sp³-hybridized carbons (Fsp3) is 0.929. The molecule has 1 spiro atoms. The van der Waals surface area contributed by atoms with Gasteiger partial charge in [-0.3, -0.25) is 0 Å². The van der Waals surface area contributed by atoms with Gasteiger partial charge in [-0.05, 0) is 32.7 Å². The van der Waals surface area contributed by atoms with Gasteiger partial charge in [-0.1, -0.05) is 24.4 Å². The quantitative estimate of drug-likeness (QED) is 0.346. The summed E-state index contributed by atoms with van der Waals surface area (Å²) in [7, 11) is 2.07. The highest BCUT2D eigenvalue weighted by molar-refractivity contribution is 5.79. The van der Waals surface area contributed by atoms with E-state index >= 15 is 0 Å². The Hall–Kier alpha value is -0.810. The zero-order valence-electron chi connectivity index (χ0n) is 12.0. The van der Waals surface area contributed by atoms with E-state index in [0.29, 0.717) is 18.4 Å². The Morgan fingerprint density at radius 3 is 2.79 bits per heavy atom. The third-order valence-corrected chi connectivity index (χ3v) is 4.50. The number of nitrogens with zero attached hydrogens (tertiary/aromatic N) is 2. The largest absolute Gasteiger partial charge is 0.409 e. The predicted molar refractivity (Wildman–Crippen MR) is 75.4 cm³/mol. The fourth-order valence-electron chi connectivity index (χ4n) is 3.38. The number of likely N-dealkylation sites (N-methyl/N-ethyl adjacent to an activating group) is 1. The molecule has 1 aliphatic heterocycles. The zero-order valence-corrected chi connectivity index (χ0v) is 12.0. The average molecular weight is 269 g/mol. The molecule has 110 valence electrons. The Kier molecular flexibility index (Phi) is 5.05. The Labute approximate surface area is 115 Å². The van der Waals surface area contributed by atoms with Gasteiger partial charge in [-0.15, -0.1) is 0 Å². The van der Waals surface area contributed by atoms with Gasteiger partial charge in [-0.25, -0.2) is 0 Å². The van der Waals surface area contributed by atoms with Crippen LogP contribution in [-0.2, 0) is 4.74 Å². The van der Waals surface area contributed by atoms with E-state index < -0.39 is 0 Å². The number of ether oxygens (including phenoxy) is 1. The molecule has 0 aromatic heterocycles. The number of rotatable bonds is 5. The van der Waals surface area contributed by atoms with Crippen LogP contribution in [0.3, 0.4) is 0 Å². The third kappa shape index (κ3) is 4.08. The van der Waals surface area contributed by atoms with Crippen molar-refractivity contribution in [3.63, 3.8) is 0 Å². The molecule has 0 bridgehead atoms. The minimum atomic E-state index is 0.204. The van der Waals surface area contributed by atoms with Gasteiger partial charge in [0.05, 0.1) is 11.7 Å². The first-order chi connectivity index (χ1) is 9.13. The average Bonchev–Trinajstić information content (AvgIpc) is 2.79. The highest BCUT2D eigenvalue weighted by Crippen LogP contribution is 2.41. The van der Waals surface area contributed by atoms with Gasteiger partial charge in [0.1, 0.15) is 5.84 Å². The minimum absolute atomic E-state index is 0.204. The summed E-state index contributed by atoms with van der Waals surface area (Å²) >= 11 is 0. The number of nitrogens with two attached hydrogens (primary N) is 1. The van der Waals surface area contributed by atoms with Crippen LogP contribution < -0.4 is 5.73 Å². The lowest BCUT2D eigenvalue weighted by molar-refractivity contribution is -0.0700. The molecule has 2 rings (SSSR count). The van der Waals surface area contributed by atoms with Gasteiger partial charge in [0.2, 0.25) is 0 Å². The van der Waals surface area contributed by atoms with E-state index in [2.05, 4.69) is 17.1 Å². The molecule has 2 aliphatic rings. The van der Waals surface area contributed by atoms with Gasteiger partial charge in [-0.2, -0.15) is 0 Å². The smallest absolute Gasteiger partial charge is 0.140 e. The Balaban J connectivity index is 1.72. The Morgan fingerprint density at radius 1 is 1.37 bits per heavy atom. The molecular formula is C14H27N3O2. The molecule has 0 aromatic carbocycles. The van der Waals surface area contributed by atoms with Crippen molar-refractivity contribution in [2.45, 2.75) is 63.1 Å². The molecule has 1 atom stereocenters. The van der Waals surface area contributed by atoms with Crippen LogP contribution in [0.4, 0.5) is 0 Å². The van der Waals surface area contributed by atoms with E-state index in [1.807, 2.05) is 0 Å². The normalized spacial score (nSPS) is 27.3. The molecule has 3 N–H and O–H groups in total. The maximum Gasteiger partial charge on any atom is 0.140 e. The molecule has 0 amide bonds. The van der Waals surface area contributed by atoms with E-state index in [0.717, 1.165) is 13.1 Å². The van der Waals surface area contributed by atoms with Crippen molar-refractivity contribution in [2.75, 3.05) is 20.1 Å². The molecule has 1 saturated heterocycles. The van der Waals surface area contributed by atoms with Crippen LogP contribution in [-0.4, -0.2) is 47.8 Å². The lowest BCUT2D eigenvalue weighted by Crippen LogP contribution is -2.36. The molecule has 2 fully saturated rings. The lowest BCUT2D eigenvalue weighted by Gasteiger charge is -2.34. The van der Waals surface area contributed by atoms with Crippen molar-refractivity contribution in [2.24, 2.45) is 10.9 Å². The van der Waals surface area contributed by atoms with Gasteiger partial charge >= 0.3 is 0 Å². The van der Waals surface area contributed by atoms with Crippen LogP contribution in [0.25, 0.3) is 0 Å². The summed E-state index contributed by atoms with van der Waals surface area (Å²) in [4.78, 5) is 2.21. The van der Waals surface area contributed by atoms with Crippen LogP contribution in [0.2, 0.25) is 0 Å². The molecule has 5 nitrogen and oxygen atoms in total. The number of hydrogen-bond donors (Lipinski definition) is 2. The molecule has 19 heavy (non-hydrogen) atoms. The van der Waals surface area contributed by atoms with Crippen molar-refractivity contribution in [1.82, 2.24) is 4.90 Å². The second kappa shape index (κ2) is 6.57. The summed E-state index contributed by atoms with van der Waals surface area (Å²) < 4.78 is 6.34. The van der Waals surface area contributed by atoms with Gasteiger partial charge in [0.15, 0.2) is 0 Å². The Bertz CT molecular complexity index is 314. The molecule has 5 heteroatoms. The van der Waals surface area contributed by atoms with Crippen molar-refractivity contribution >= 4 is 5.84 Å². The van der Waals surface area contributed by atoms with Crippen molar-refractivity contribution in [1.29, 1.82) is 0 Å². The van der Waals surface area contributed by atoms with Gasteiger partial charge in [0.25, 0.3) is 0 Å². The predicted octanol–water partition coefficient (Wildman–Crippen LogP) is 1.94. The highest BCUT2D eigenvalue weighted by Gasteiger charge is 2.40. The highest BCUT2D eigenvalue weighted by atomic mass is 16.5. The number of oxime groups is 1. The summed E-state index contributed by atoms with van der Waals surface area (Å²) in [6, 6.07) is 0. The van der Waals surface area contributed by atoms with E-state index in [1.165, 1.54) is 44.9 Å². The van der Waals surface area contributed by atoms with E-state index in [9.17, 15) is 0 Å². The second-order valence-electron chi connectivity index (χ2n) is 6.13. The summed E-state index contributed by atoms with van der Waals surface area (Å²) in [5, 5.41) is 11.5. The first-order valence-electron chi connectivity index (χ1n) is 7.46. The summed E-state index contributed by atoms with van der Waals surface area (Å²) in [5.41, 5.74) is 5.69. The van der Waals surface area contributed by atoms with E-state index in [4.69, 9.17) is 15.7 Å². The zero-order chi connectivity index (χ0) is 13.7. The number of hydrogen-bond acceptors (Lipinski definition) is 4. The van der Waals surface area contributed by atoms with Crippen LogP contribution >= 0.6 is 0 Å². The van der Waals surface area contributed by atoms with E-state index in [1.54, 1.807) is 0 Å². The van der Waals surface area contributed by atoms with Crippen LogP contribution in [0.5, 0.6) is 0 Å². The van der Waals surface area contributed by atoms with Gasteiger partial charge in [0, 0.05) is 19.5 Å². The topological polar surface area (TPSA) is 71.1 Å². The third-order valence-electron chi connectivity index (χ3n) is 4.50. The lowest BCUT2D eigenvalue weighted by atomic mass is 9.83. The van der Waals surface area contributed by atoms with Crippen molar-refractivity contribution < 1.29 is 9.94 Å². The molecule has 0 radical (unpaired) electrons. The summed E-state index contributed by atoms with van der Waals surface area (Å²) in [6.07, 6.45) is 9.88. The number of amidine groups is 1. The second-order valence-corrected chi connectivity index (χ2v) is 6.13. The first kappa shape index (κ1) is 14.6. The monoisotopic (exact) mass is 269 g/mol. The molecule has 1 saturated carbocycles. The maximum atomic E-state index is 8.52. The van der Waals surface area contributed by atoms with E-state index in [-0.39, 0.29) is 5.60 Å². The van der Waals surface area contributed by atoms with Crippen molar-refractivity contribution in [3.05, 3.63) is 0 Å². The standard InChI is InChI=1S/C14H27N3O2/c1-17(10-6-13(15)16-18)11-12-5-9-14(19-12)7-3-2-4-8-14/h12,18H,2-11H2,1H3,(H2,15,16). The SMILES string of the molecule is CN(CCC(N)=NO)CC1CCC2(CCCCC2)O1. The minimum Gasteiger partial charge on any atom is -0.409 e. The summed E-state index contributed by atoms with van der Waals surface area (Å²) in [5.74, 6) is 0.294. The van der Waals surface area contributed by atoms with Crippen molar-refractivity contribution in [3.8, 4) is 0 Å². The Morgan fingerprint density at radius 2 is 2.11 bits per heavy atom. The first-order valence-corrected chi connectivity index (χ1v) is 7.46. The molecule has 1 heterocycles. The maximum absolute atomic E-state index is 8.52.